The van der Waals surface area contributed by atoms with E-state index in [2.05, 4.69) is 6.07 Å². The Balaban J connectivity index is 2.44. The van der Waals surface area contributed by atoms with Gasteiger partial charge in [-0.05, 0) is 19.8 Å². The van der Waals surface area contributed by atoms with Crippen LogP contribution in [0.3, 0.4) is 0 Å². The summed E-state index contributed by atoms with van der Waals surface area (Å²) in [5.74, 6) is 0. The van der Waals surface area contributed by atoms with Crippen molar-refractivity contribution in [3.05, 3.63) is 0 Å². The summed E-state index contributed by atoms with van der Waals surface area (Å²) in [6.07, 6.45) is 1.73. The fourth-order valence-corrected chi connectivity index (χ4v) is 1.69. The van der Waals surface area contributed by atoms with Crippen LogP contribution >= 0.6 is 11.6 Å². The van der Waals surface area contributed by atoms with Gasteiger partial charge in [-0.1, -0.05) is 0 Å². The molecule has 0 atom stereocenters. The fourth-order valence-electron chi connectivity index (χ4n) is 1.01. The van der Waals surface area contributed by atoms with E-state index in [1.807, 2.05) is 6.92 Å². The van der Waals surface area contributed by atoms with E-state index < -0.39 is 0 Å². The third-order valence-electron chi connectivity index (χ3n) is 1.61. The average molecular weight is 130 g/mol. The molecule has 1 aliphatic rings. The lowest BCUT2D eigenvalue weighted by Gasteiger charge is -2.35. The van der Waals surface area contributed by atoms with Gasteiger partial charge in [-0.15, -0.1) is 11.6 Å². The Morgan fingerprint density at radius 2 is 2.25 bits per heavy atom. The summed E-state index contributed by atoms with van der Waals surface area (Å²) in [5.41, 5.74) is -0.0909. The van der Waals surface area contributed by atoms with Crippen LogP contribution in [0.25, 0.3) is 0 Å². The zero-order chi connectivity index (χ0) is 6.20. The molecule has 0 saturated heterocycles. The molecule has 0 unspecified atom stereocenters. The third kappa shape index (κ3) is 0.809. The van der Waals surface area contributed by atoms with Crippen LogP contribution in [0.2, 0.25) is 0 Å². The van der Waals surface area contributed by atoms with Gasteiger partial charge in [-0.25, -0.2) is 0 Å². The summed E-state index contributed by atoms with van der Waals surface area (Å²) in [6, 6.07) is 2.22. The molecule has 0 heterocycles. The molecule has 8 heavy (non-hydrogen) atoms. The van der Waals surface area contributed by atoms with Crippen molar-refractivity contribution >= 4 is 11.6 Å². The van der Waals surface area contributed by atoms with E-state index in [9.17, 15) is 0 Å². The van der Waals surface area contributed by atoms with Crippen molar-refractivity contribution in [2.24, 2.45) is 5.41 Å². The van der Waals surface area contributed by atoms with Gasteiger partial charge in [0.15, 0.2) is 0 Å². The predicted molar refractivity (Wildman–Crippen MR) is 32.6 cm³/mol. The number of nitrogens with zero attached hydrogens (tertiary/aromatic N) is 1. The molecule has 1 rings (SSSR count). The van der Waals surface area contributed by atoms with Gasteiger partial charge in [0.1, 0.15) is 0 Å². The van der Waals surface area contributed by atoms with Gasteiger partial charge in [-0.3, -0.25) is 0 Å². The number of rotatable bonds is 0. The molecule has 1 aliphatic carbocycles. The van der Waals surface area contributed by atoms with E-state index in [1.54, 1.807) is 0 Å². The second kappa shape index (κ2) is 1.63. The van der Waals surface area contributed by atoms with E-state index in [-0.39, 0.29) is 10.8 Å². The lowest BCUT2D eigenvalue weighted by molar-refractivity contribution is 0.252. The Morgan fingerprint density at radius 1 is 1.75 bits per heavy atom. The molecule has 0 aromatic heterocycles. The van der Waals surface area contributed by atoms with Crippen molar-refractivity contribution in [2.45, 2.75) is 25.1 Å². The van der Waals surface area contributed by atoms with E-state index >= 15 is 0 Å². The SMILES string of the molecule is CC1(C#N)CC(Cl)C1. The molecule has 0 aliphatic heterocycles. The molecular weight excluding hydrogens is 122 g/mol. The van der Waals surface area contributed by atoms with E-state index in [0.717, 1.165) is 12.8 Å². The average Bonchev–Trinajstić information content (AvgIpc) is 1.63. The van der Waals surface area contributed by atoms with Crippen LogP contribution in [0.1, 0.15) is 19.8 Å². The van der Waals surface area contributed by atoms with Crippen LogP contribution in [-0.2, 0) is 0 Å². The van der Waals surface area contributed by atoms with Gasteiger partial charge in [0.05, 0.1) is 11.5 Å². The monoisotopic (exact) mass is 129 g/mol. The van der Waals surface area contributed by atoms with Crippen molar-refractivity contribution in [1.82, 2.24) is 0 Å². The Morgan fingerprint density at radius 3 is 2.38 bits per heavy atom. The van der Waals surface area contributed by atoms with Crippen molar-refractivity contribution in [1.29, 1.82) is 5.26 Å². The van der Waals surface area contributed by atoms with Crippen LogP contribution in [0.5, 0.6) is 0 Å². The molecule has 0 N–H and O–H groups in total. The molecule has 1 nitrogen and oxygen atoms in total. The number of nitriles is 1. The van der Waals surface area contributed by atoms with Gasteiger partial charge in [0.2, 0.25) is 0 Å². The van der Waals surface area contributed by atoms with Crippen LogP contribution in [0.4, 0.5) is 0 Å². The number of hydrogen-bond donors (Lipinski definition) is 0. The van der Waals surface area contributed by atoms with Crippen LogP contribution < -0.4 is 0 Å². The van der Waals surface area contributed by atoms with Crippen molar-refractivity contribution in [2.75, 3.05) is 0 Å². The summed E-state index contributed by atoms with van der Waals surface area (Å²) in [7, 11) is 0. The number of halogens is 1. The van der Waals surface area contributed by atoms with Gasteiger partial charge in [-0.2, -0.15) is 5.26 Å². The summed E-state index contributed by atoms with van der Waals surface area (Å²) in [6.45, 7) is 1.95. The Kier molecular flexibility index (Phi) is 1.21. The molecule has 1 fully saturated rings. The minimum absolute atomic E-state index is 0.0909. The lowest BCUT2D eigenvalue weighted by atomic mass is 9.71. The highest BCUT2D eigenvalue weighted by Crippen LogP contribution is 2.42. The van der Waals surface area contributed by atoms with E-state index in [4.69, 9.17) is 16.9 Å². The normalized spacial score (nSPS) is 44.9. The summed E-state index contributed by atoms with van der Waals surface area (Å²) in [5, 5.41) is 8.72. The van der Waals surface area contributed by atoms with E-state index in [0.29, 0.717) is 0 Å². The zero-order valence-electron chi connectivity index (χ0n) is 4.82. The molecule has 2 heteroatoms. The topological polar surface area (TPSA) is 23.8 Å². The van der Waals surface area contributed by atoms with Crippen LogP contribution in [0.15, 0.2) is 0 Å². The number of alkyl halides is 1. The third-order valence-corrected chi connectivity index (χ3v) is 1.92. The largest absolute Gasteiger partial charge is 0.198 e. The maximum absolute atomic E-state index is 8.45. The highest BCUT2D eigenvalue weighted by Gasteiger charge is 2.39. The fraction of sp³-hybridized carbons (Fsp3) is 0.833. The molecule has 0 spiro atoms. The molecule has 1 saturated carbocycles. The Bertz CT molecular complexity index is 130. The van der Waals surface area contributed by atoms with Gasteiger partial charge < -0.3 is 0 Å². The molecular formula is C6H8ClN. The Hall–Kier alpha value is -0.220. The minimum Gasteiger partial charge on any atom is -0.198 e. The second-order valence-corrected chi connectivity index (χ2v) is 3.30. The maximum atomic E-state index is 8.45. The minimum atomic E-state index is -0.0909. The van der Waals surface area contributed by atoms with Crippen molar-refractivity contribution < 1.29 is 0 Å². The highest BCUT2D eigenvalue weighted by molar-refractivity contribution is 6.21. The smallest absolute Gasteiger partial charge is 0.0687 e. The summed E-state index contributed by atoms with van der Waals surface area (Å²) < 4.78 is 0. The quantitative estimate of drug-likeness (QED) is 0.459. The molecule has 0 bridgehead atoms. The summed E-state index contributed by atoms with van der Waals surface area (Å²) in [4.78, 5) is 0. The molecule has 0 aromatic rings. The van der Waals surface area contributed by atoms with Gasteiger partial charge >= 0.3 is 0 Å². The lowest BCUT2D eigenvalue weighted by Crippen LogP contribution is -2.33. The first-order valence-corrected chi connectivity index (χ1v) is 3.15. The Labute approximate surface area is 54.3 Å². The zero-order valence-corrected chi connectivity index (χ0v) is 5.57. The maximum Gasteiger partial charge on any atom is 0.0687 e. The van der Waals surface area contributed by atoms with Crippen molar-refractivity contribution in [3.63, 3.8) is 0 Å². The standard InChI is InChI=1S/C6H8ClN/c1-6(4-8)2-5(7)3-6/h5H,2-3H2,1H3. The van der Waals surface area contributed by atoms with Crippen LogP contribution in [-0.4, -0.2) is 5.38 Å². The first kappa shape index (κ1) is 5.91. The second-order valence-electron chi connectivity index (χ2n) is 2.68. The van der Waals surface area contributed by atoms with E-state index in [1.165, 1.54) is 0 Å². The molecule has 44 valence electrons. The van der Waals surface area contributed by atoms with Crippen LogP contribution in [0, 0.1) is 16.7 Å². The first-order chi connectivity index (χ1) is 3.66. The molecule has 0 radical (unpaired) electrons. The first-order valence-electron chi connectivity index (χ1n) is 2.72. The highest BCUT2D eigenvalue weighted by atomic mass is 35.5. The predicted octanol–water partition coefficient (Wildman–Crippen LogP) is 1.92. The number of hydrogen-bond acceptors (Lipinski definition) is 1. The van der Waals surface area contributed by atoms with Crippen molar-refractivity contribution in [3.8, 4) is 6.07 Å². The van der Waals surface area contributed by atoms with Gasteiger partial charge in [0.25, 0.3) is 0 Å². The van der Waals surface area contributed by atoms with Gasteiger partial charge in [0, 0.05) is 5.38 Å². The molecule has 0 amide bonds. The summed E-state index contributed by atoms with van der Waals surface area (Å²) >= 11 is 5.66. The molecule has 0 aromatic carbocycles.